The maximum atomic E-state index is 14.4. The third kappa shape index (κ3) is 4.41. The fourth-order valence-electron chi connectivity index (χ4n) is 3.64. The summed E-state index contributed by atoms with van der Waals surface area (Å²) in [5.74, 6) is -0.0110. The maximum absolute atomic E-state index is 14.4. The lowest BCUT2D eigenvalue weighted by atomic mass is 9.98. The van der Waals surface area contributed by atoms with Gasteiger partial charge in [0.05, 0.1) is 29.9 Å². The molecule has 0 unspecified atom stereocenters. The van der Waals surface area contributed by atoms with Crippen LogP contribution >= 0.6 is 0 Å². The van der Waals surface area contributed by atoms with E-state index >= 15 is 0 Å². The number of nitrogens with zero attached hydrogens (tertiary/aromatic N) is 2. The van der Waals surface area contributed by atoms with Crippen LogP contribution in [-0.4, -0.2) is 11.4 Å². The summed E-state index contributed by atoms with van der Waals surface area (Å²) in [6.07, 6.45) is 1.60. The largest absolute Gasteiger partial charge is 0.457 e. The van der Waals surface area contributed by atoms with Gasteiger partial charge in [-0.05, 0) is 68.3 Å². The number of benzene rings is 3. The molecule has 3 aromatic rings. The van der Waals surface area contributed by atoms with Gasteiger partial charge in [-0.2, -0.15) is 0 Å². The number of aryl methyl sites for hydroxylation is 1. The van der Waals surface area contributed by atoms with Crippen molar-refractivity contribution in [1.29, 1.82) is 0 Å². The Labute approximate surface area is 186 Å². The van der Waals surface area contributed by atoms with E-state index in [1.807, 2.05) is 36.4 Å². The molecular weight excluding hydrogens is 410 g/mol. The van der Waals surface area contributed by atoms with Crippen LogP contribution in [-0.2, 0) is 12.1 Å². The second-order valence-corrected chi connectivity index (χ2v) is 8.37. The lowest BCUT2D eigenvalue weighted by molar-refractivity contribution is 0.0784. The van der Waals surface area contributed by atoms with E-state index in [1.165, 1.54) is 6.07 Å². The summed E-state index contributed by atoms with van der Waals surface area (Å²) in [4.78, 5) is 6.14. The zero-order valence-electron chi connectivity index (χ0n) is 18.2. The zero-order chi connectivity index (χ0) is 23.0. The number of halogens is 2. The van der Waals surface area contributed by atoms with Gasteiger partial charge in [-0.15, -0.1) is 0 Å². The van der Waals surface area contributed by atoms with Gasteiger partial charge in [0.25, 0.3) is 0 Å². The molecule has 4 nitrogen and oxygen atoms in total. The Bertz CT molecular complexity index is 1210. The second kappa shape index (κ2) is 8.20. The normalized spacial score (nSPS) is 13.3. The fourth-order valence-corrected chi connectivity index (χ4v) is 3.64. The molecule has 0 aromatic heterocycles. The number of aliphatic hydroxyl groups is 1. The molecule has 1 aliphatic heterocycles. The number of aliphatic imine (C=N–C) groups is 1. The summed E-state index contributed by atoms with van der Waals surface area (Å²) in [6.45, 7) is 9.32. The third-order valence-corrected chi connectivity index (χ3v) is 5.43. The molecule has 4 rings (SSSR count). The first-order valence-electron chi connectivity index (χ1n) is 10.2. The highest BCUT2D eigenvalue weighted by Crippen LogP contribution is 2.36. The van der Waals surface area contributed by atoms with Crippen molar-refractivity contribution in [2.24, 2.45) is 4.99 Å². The molecule has 164 valence electrons. The molecule has 0 amide bonds. The Morgan fingerprint density at radius 2 is 1.81 bits per heavy atom. The third-order valence-electron chi connectivity index (χ3n) is 5.43. The molecule has 0 bridgehead atoms. The molecule has 1 heterocycles. The van der Waals surface area contributed by atoms with Gasteiger partial charge in [-0.25, -0.2) is 13.8 Å². The monoisotopic (exact) mass is 434 g/mol. The molecule has 0 radical (unpaired) electrons. The van der Waals surface area contributed by atoms with Crippen LogP contribution in [0.25, 0.3) is 5.70 Å². The highest BCUT2D eigenvalue weighted by Gasteiger charge is 2.21. The molecular formula is C26H24F2N2O2. The van der Waals surface area contributed by atoms with Crippen molar-refractivity contribution in [3.05, 3.63) is 95.1 Å². The minimum absolute atomic E-state index is 0.204. The average Bonchev–Trinajstić information content (AvgIpc) is 2.72. The van der Waals surface area contributed by atoms with Crippen molar-refractivity contribution in [1.82, 2.24) is 0 Å². The van der Waals surface area contributed by atoms with Gasteiger partial charge < -0.3 is 14.7 Å². The number of hydrogen-bond acceptors (Lipinski definition) is 4. The molecule has 0 saturated carbocycles. The van der Waals surface area contributed by atoms with Gasteiger partial charge in [-0.3, -0.25) is 0 Å². The first-order valence-corrected chi connectivity index (χ1v) is 10.2. The minimum Gasteiger partial charge on any atom is -0.457 e. The summed E-state index contributed by atoms with van der Waals surface area (Å²) >= 11 is 0. The van der Waals surface area contributed by atoms with E-state index in [2.05, 4.69) is 11.6 Å². The molecule has 0 spiro atoms. The van der Waals surface area contributed by atoms with Crippen LogP contribution in [0.1, 0.15) is 36.1 Å². The Kier molecular flexibility index (Phi) is 5.57. The van der Waals surface area contributed by atoms with Gasteiger partial charge in [0.15, 0.2) is 0 Å². The first-order chi connectivity index (χ1) is 15.1. The quantitative estimate of drug-likeness (QED) is 0.512. The molecule has 6 heteroatoms. The molecule has 3 aromatic carbocycles. The number of fused-ring (bicyclic) bond motifs is 1. The number of anilines is 1. The fraction of sp³-hybridized carbons (Fsp3) is 0.192. The van der Waals surface area contributed by atoms with Crippen LogP contribution < -0.4 is 9.64 Å². The second-order valence-electron chi connectivity index (χ2n) is 8.37. The SMILES string of the molecule is C=C1N=CN(Cc2c(C)cc(F)cc2F)c2ccc(Oc3cccc(C(C)(C)O)c3)cc21. The van der Waals surface area contributed by atoms with E-state index in [4.69, 9.17) is 4.74 Å². The van der Waals surface area contributed by atoms with Crippen LogP contribution in [0.3, 0.4) is 0 Å². The van der Waals surface area contributed by atoms with Crippen molar-refractivity contribution in [3.63, 3.8) is 0 Å². The summed E-state index contributed by atoms with van der Waals surface area (Å²) < 4.78 is 33.9. The van der Waals surface area contributed by atoms with E-state index in [-0.39, 0.29) is 6.54 Å². The molecule has 32 heavy (non-hydrogen) atoms. The number of hydrogen-bond donors (Lipinski definition) is 1. The molecule has 0 saturated heterocycles. The Morgan fingerprint density at radius 1 is 1.06 bits per heavy atom. The van der Waals surface area contributed by atoms with Crippen molar-refractivity contribution in [2.45, 2.75) is 32.9 Å². The van der Waals surface area contributed by atoms with Crippen molar-refractivity contribution in [2.75, 3.05) is 4.90 Å². The Morgan fingerprint density at radius 3 is 2.53 bits per heavy atom. The summed E-state index contributed by atoms with van der Waals surface area (Å²) in [5.41, 5.74) is 2.81. The molecule has 0 fully saturated rings. The number of rotatable bonds is 5. The number of ether oxygens (including phenoxy) is 1. The molecule has 1 aliphatic rings. The van der Waals surface area contributed by atoms with Crippen LogP contribution in [0.5, 0.6) is 11.5 Å². The van der Waals surface area contributed by atoms with Crippen LogP contribution in [0.2, 0.25) is 0 Å². The Balaban J connectivity index is 1.62. The van der Waals surface area contributed by atoms with Gasteiger partial charge in [0.1, 0.15) is 23.1 Å². The van der Waals surface area contributed by atoms with Crippen molar-refractivity contribution in [3.8, 4) is 11.5 Å². The lowest BCUT2D eigenvalue weighted by Gasteiger charge is -2.27. The lowest BCUT2D eigenvalue weighted by Crippen LogP contribution is -2.25. The highest BCUT2D eigenvalue weighted by atomic mass is 19.1. The van der Waals surface area contributed by atoms with Gasteiger partial charge >= 0.3 is 0 Å². The van der Waals surface area contributed by atoms with Crippen LogP contribution in [0.4, 0.5) is 14.5 Å². The van der Waals surface area contributed by atoms with Crippen LogP contribution in [0.15, 0.2) is 66.2 Å². The van der Waals surface area contributed by atoms with E-state index in [1.54, 1.807) is 38.1 Å². The predicted octanol–water partition coefficient (Wildman–Crippen LogP) is 6.31. The zero-order valence-corrected chi connectivity index (χ0v) is 18.2. The van der Waals surface area contributed by atoms with E-state index in [0.717, 1.165) is 22.9 Å². The van der Waals surface area contributed by atoms with Crippen LogP contribution in [0, 0.1) is 18.6 Å². The first kappa shape index (κ1) is 21.7. The summed E-state index contributed by atoms with van der Waals surface area (Å²) in [6, 6.07) is 15.0. The van der Waals surface area contributed by atoms with E-state index < -0.39 is 17.2 Å². The highest BCUT2D eigenvalue weighted by molar-refractivity contribution is 5.94. The maximum Gasteiger partial charge on any atom is 0.131 e. The smallest absolute Gasteiger partial charge is 0.131 e. The van der Waals surface area contributed by atoms with Crippen molar-refractivity contribution < 1.29 is 18.6 Å². The van der Waals surface area contributed by atoms with E-state index in [9.17, 15) is 13.9 Å². The average molecular weight is 434 g/mol. The van der Waals surface area contributed by atoms with E-state index in [0.29, 0.717) is 28.3 Å². The molecule has 0 aliphatic carbocycles. The summed E-state index contributed by atoms with van der Waals surface area (Å²) in [5, 5.41) is 10.2. The van der Waals surface area contributed by atoms with Gasteiger partial charge in [0.2, 0.25) is 0 Å². The minimum atomic E-state index is -0.980. The predicted molar refractivity (Wildman–Crippen MR) is 123 cm³/mol. The Hall–Kier alpha value is -3.51. The van der Waals surface area contributed by atoms with Crippen molar-refractivity contribution >= 4 is 17.7 Å². The topological polar surface area (TPSA) is 45.1 Å². The molecule has 0 atom stereocenters. The summed E-state index contributed by atoms with van der Waals surface area (Å²) in [7, 11) is 0. The van der Waals surface area contributed by atoms with Gasteiger partial charge in [0, 0.05) is 17.2 Å². The standard InChI is InChI=1S/C26H24F2N2O2/c1-16-10-19(27)12-24(28)23(16)14-30-15-29-17(2)22-13-21(8-9-25(22)30)32-20-7-5-6-18(11-20)26(3,4)31/h5-13,15,31H,2,14H2,1,3-4H3. The van der Waals surface area contributed by atoms with Gasteiger partial charge in [-0.1, -0.05) is 18.7 Å². The molecule has 1 N–H and O–H groups in total.